The number of benzene rings is 2. The average Bonchev–Trinajstić information content (AvgIpc) is 2.72. The molecule has 1 atom stereocenters. The van der Waals surface area contributed by atoms with Crippen LogP contribution in [0.2, 0.25) is 0 Å². The molecular formula is C21H23N3O4. The number of rotatable bonds is 3. The smallest absolute Gasteiger partial charge is 0.325 e. The first-order valence-electron chi connectivity index (χ1n) is 9.48. The summed E-state index contributed by atoms with van der Waals surface area (Å²) in [6, 6.07) is 12.2. The largest absolute Gasteiger partial charge is 0.486 e. The maximum Gasteiger partial charge on any atom is 0.325 e. The lowest BCUT2D eigenvalue weighted by atomic mass is 10.00. The van der Waals surface area contributed by atoms with Gasteiger partial charge in [-0.1, -0.05) is 18.2 Å². The monoisotopic (exact) mass is 381 g/mol. The number of hydrogen-bond acceptors (Lipinski definition) is 5. The van der Waals surface area contributed by atoms with Gasteiger partial charge < -0.3 is 19.7 Å². The van der Waals surface area contributed by atoms with E-state index in [9.17, 15) is 9.59 Å². The van der Waals surface area contributed by atoms with Crippen molar-refractivity contribution in [2.45, 2.75) is 25.8 Å². The van der Waals surface area contributed by atoms with E-state index in [2.05, 4.69) is 16.7 Å². The maximum absolute atomic E-state index is 12.6. The van der Waals surface area contributed by atoms with Crippen LogP contribution in [0.5, 0.6) is 11.5 Å². The normalized spacial score (nSPS) is 16.0. The van der Waals surface area contributed by atoms with E-state index in [1.54, 1.807) is 18.2 Å². The average molecular weight is 381 g/mol. The number of nitrogens with one attached hydrogen (secondary N) is 2. The van der Waals surface area contributed by atoms with Crippen LogP contribution < -0.4 is 25.0 Å². The second-order valence-electron chi connectivity index (χ2n) is 6.90. The number of carbonyl (C=O) groups excluding carboxylic acids is 2. The summed E-state index contributed by atoms with van der Waals surface area (Å²) in [5.41, 5.74) is 2.82. The Labute approximate surface area is 163 Å². The fourth-order valence-corrected chi connectivity index (χ4v) is 3.61. The Morgan fingerprint density at radius 2 is 1.86 bits per heavy atom. The van der Waals surface area contributed by atoms with Crippen LogP contribution in [-0.4, -0.2) is 37.7 Å². The third-order valence-corrected chi connectivity index (χ3v) is 5.03. The highest BCUT2D eigenvalue weighted by molar-refractivity contribution is 6.03. The van der Waals surface area contributed by atoms with E-state index in [4.69, 9.17) is 9.47 Å². The minimum absolute atomic E-state index is 0.341. The molecule has 7 heteroatoms. The molecule has 7 nitrogen and oxygen atoms in total. The predicted molar refractivity (Wildman–Crippen MR) is 106 cm³/mol. The Morgan fingerprint density at radius 1 is 1.07 bits per heavy atom. The lowest BCUT2D eigenvalue weighted by molar-refractivity contribution is -0.120. The van der Waals surface area contributed by atoms with E-state index < -0.39 is 12.1 Å². The van der Waals surface area contributed by atoms with Crippen molar-refractivity contribution in [1.29, 1.82) is 0 Å². The Balaban J connectivity index is 1.39. The molecule has 3 amide bonds. The number of anilines is 2. The van der Waals surface area contributed by atoms with Crippen molar-refractivity contribution in [1.82, 2.24) is 5.32 Å². The molecule has 2 aromatic rings. The molecule has 146 valence electrons. The van der Waals surface area contributed by atoms with Crippen LogP contribution in [-0.2, 0) is 11.2 Å². The van der Waals surface area contributed by atoms with Crippen LogP contribution in [0.1, 0.15) is 18.9 Å². The van der Waals surface area contributed by atoms with Crippen LogP contribution in [0.3, 0.4) is 0 Å². The molecule has 2 aromatic carbocycles. The lowest BCUT2D eigenvalue weighted by Gasteiger charge is -2.35. The molecule has 0 radical (unpaired) electrons. The Bertz CT molecular complexity index is 899. The van der Waals surface area contributed by atoms with Gasteiger partial charge in [-0.15, -0.1) is 0 Å². The summed E-state index contributed by atoms with van der Waals surface area (Å²) < 4.78 is 11.0. The number of hydrogen-bond donors (Lipinski definition) is 2. The fraction of sp³-hybridized carbons (Fsp3) is 0.333. The van der Waals surface area contributed by atoms with Gasteiger partial charge in [-0.05, 0) is 43.5 Å². The second-order valence-corrected chi connectivity index (χ2v) is 6.90. The van der Waals surface area contributed by atoms with Gasteiger partial charge in [0.15, 0.2) is 11.5 Å². The number of urea groups is 1. The highest BCUT2D eigenvalue weighted by atomic mass is 16.6. The maximum atomic E-state index is 12.6. The highest BCUT2D eigenvalue weighted by Gasteiger charge is 2.27. The summed E-state index contributed by atoms with van der Waals surface area (Å²) in [7, 11) is 0. The first-order chi connectivity index (χ1) is 13.6. The highest BCUT2D eigenvalue weighted by Crippen LogP contribution is 2.32. The number of carbonyl (C=O) groups is 2. The van der Waals surface area contributed by atoms with Crippen LogP contribution in [0, 0.1) is 0 Å². The number of imide groups is 1. The summed E-state index contributed by atoms with van der Waals surface area (Å²) in [4.78, 5) is 27.0. The van der Waals surface area contributed by atoms with Crippen molar-refractivity contribution in [3.63, 3.8) is 0 Å². The fourth-order valence-electron chi connectivity index (χ4n) is 3.61. The van der Waals surface area contributed by atoms with Gasteiger partial charge in [-0.25, -0.2) is 4.79 Å². The summed E-state index contributed by atoms with van der Waals surface area (Å²) in [6.45, 7) is 3.58. The number of para-hydroxylation sites is 1. The quantitative estimate of drug-likeness (QED) is 0.855. The number of aryl methyl sites for hydroxylation is 1. The van der Waals surface area contributed by atoms with E-state index in [1.807, 2.05) is 30.0 Å². The molecule has 0 saturated carbocycles. The molecule has 28 heavy (non-hydrogen) atoms. The summed E-state index contributed by atoms with van der Waals surface area (Å²) in [5, 5.41) is 5.11. The molecular weight excluding hydrogens is 358 g/mol. The van der Waals surface area contributed by atoms with Crippen LogP contribution in [0.15, 0.2) is 42.5 Å². The zero-order valence-corrected chi connectivity index (χ0v) is 15.7. The summed E-state index contributed by atoms with van der Waals surface area (Å²) in [5.74, 6) is 0.881. The topological polar surface area (TPSA) is 79.9 Å². The predicted octanol–water partition coefficient (Wildman–Crippen LogP) is 2.95. The molecule has 0 aliphatic carbocycles. The van der Waals surface area contributed by atoms with Gasteiger partial charge in [0.25, 0.3) is 0 Å². The zero-order valence-electron chi connectivity index (χ0n) is 15.7. The molecule has 2 aliphatic heterocycles. The van der Waals surface area contributed by atoms with Gasteiger partial charge in [0.1, 0.15) is 19.3 Å². The van der Waals surface area contributed by atoms with Gasteiger partial charge >= 0.3 is 6.03 Å². The SMILES string of the molecule is CC(C(=O)NC(=O)Nc1ccc2c(c1)OCCO2)N1CCCc2ccccc21. The number of amides is 3. The molecule has 2 aliphatic rings. The van der Waals surface area contributed by atoms with Gasteiger partial charge in [0.2, 0.25) is 5.91 Å². The Kier molecular flexibility index (Phi) is 5.06. The molecule has 0 spiro atoms. The van der Waals surface area contributed by atoms with Gasteiger partial charge in [-0.3, -0.25) is 10.1 Å². The van der Waals surface area contributed by atoms with Crippen molar-refractivity contribution in [3.05, 3.63) is 48.0 Å². The van der Waals surface area contributed by atoms with Crippen LogP contribution in [0.4, 0.5) is 16.2 Å². The Hall–Kier alpha value is -3.22. The van der Waals surface area contributed by atoms with E-state index in [0.717, 1.165) is 25.1 Å². The summed E-state index contributed by atoms with van der Waals surface area (Å²) >= 11 is 0. The van der Waals surface area contributed by atoms with Gasteiger partial charge in [-0.2, -0.15) is 0 Å². The van der Waals surface area contributed by atoms with E-state index >= 15 is 0 Å². The van der Waals surface area contributed by atoms with Crippen molar-refractivity contribution in [3.8, 4) is 11.5 Å². The van der Waals surface area contributed by atoms with Crippen LogP contribution >= 0.6 is 0 Å². The van der Waals surface area contributed by atoms with E-state index in [1.165, 1.54) is 5.56 Å². The van der Waals surface area contributed by atoms with E-state index in [-0.39, 0.29) is 5.91 Å². The second kappa shape index (κ2) is 7.80. The lowest BCUT2D eigenvalue weighted by Crippen LogP contribution is -2.49. The van der Waals surface area contributed by atoms with Gasteiger partial charge in [0.05, 0.1) is 0 Å². The minimum Gasteiger partial charge on any atom is -0.486 e. The van der Waals surface area contributed by atoms with Crippen molar-refractivity contribution < 1.29 is 19.1 Å². The molecule has 4 rings (SSSR count). The first-order valence-corrected chi connectivity index (χ1v) is 9.48. The molecule has 1 unspecified atom stereocenters. The minimum atomic E-state index is -0.571. The molecule has 2 heterocycles. The van der Waals surface area contributed by atoms with Crippen molar-refractivity contribution >= 4 is 23.3 Å². The molecule has 0 bridgehead atoms. The van der Waals surface area contributed by atoms with Crippen LogP contribution in [0.25, 0.3) is 0 Å². The third-order valence-electron chi connectivity index (χ3n) is 5.03. The zero-order chi connectivity index (χ0) is 19.5. The van der Waals surface area contributed by atoms with Gasteiger partial charge in [0, 0.05) is 24.0 Å². The van der Waals surface area contributed by atoms with Crippen molar-refractivity contribution in [2.24, 2.45) is 0 Å². The Morgan fingerprint density at radius 3 is 2.71 bits per heavy atom. The number of nitrogens with zero attached hydrogens (tertiary/aromatic N) is 1. The van der Waals surface area contributed by atoms with Crippen molar-refractivity contribution in [2.75, 3.05) is 30.0 Å². The number of ether oxygens (including phenoxy) is 2. The molecule has 0 saturated heterocycles. The molecule has 0 aromatic heterocycles. The number of fused-ring (bicyclic) bond motifs is 2. The standard InChI is InChI=1S/C21H23N3O4/c1-14(24-10-4-6-15-5-2-3-7-17(15)24)20(25)23-21(26)22-16-8-9-18-19(13-16)28-12-11-27-18/h2-3,5,7-9,13-14H,4,6,10-12H2,1H3,(H2,22,23,25,26). The molecule has 0 fully saturated rings. The summed E-state index contributed by atoms with van der Waals surface area (Å²) in [6.07, 6.45) is 1.99. The molecule has 2 N–H and O–H groups in total. The van der Waals surface area contributed by atoms with E-state index in [0.29, 0.717) is 30.4 Å². The first kappa shape index (κ1) is 18.2. The third kappa shape index (κ3) is 3.74.